The smallest absolute Gasteiger partial charge is 0.407 e. The molecule has 4 nitrogen and oxygen atoms in total. The Morgan fingerprint density at radius 2 is 2.42 bits per heavy atom. The number of ether oxygens (including phenoxy) is 1. The fourth-order valence-electron chi connectivity index (χ4n) is 1.51. The van der Waals surface area contributed by atoms with Crippen LogP contribution in [-0.4, -0.2) is 23.0 Å². The predicted molar refractivity (Wildman–Crippen MR) is 76.3 cm³/mol. The Morgan fingerprint density at radius 1 is 1.63 bits per heavy atom. The van der Waals surface area contributed by atoms with E-state index in [9.17, 15) is 9.18 Å². The van der Waals surface area contributed by atoms with E-state index in [0.29, 0.717) is 11.9 Å². The van der Waals surface area contributed by atoms with Gasteiger partial charge in [0.25, 0.3) is 0 Å². The van der Waals surface area contributed by atoms with E-state index in [1.807, 2.05) is 6.92 Å². The highest BCUT2D eigenvalue weighted by atomic mass is 79.9. The SMILES string of the molecule is C[C@@H](NC(=O)OCCBr)c1nc2ccc(F)cc2s1. The van der Waals surface area contributed by atoms with Gasteiger partial charge in [0.2, 0.25) is 0 Å². The number of hydrogen-bond donors (Lipinski definition) is 1. The van der Waals surface area contributed by atoms with Gasteiger partial charge in [0, 0.05) is 5.33 Å². The summed E-state index contributed by atoms with van der Waals surface area (Å²) in [5, 5.41) is 3.99. The topological polar surface area (TPSA) is 51.2 Å². The van der Waals surface area contributed by atoms with Crippen molar-refractivity contribution in [3.63, 3.8) is 0 Å². The number of benzene rings is 1. The zero-order chi connectivity index (χ0) is 13.8. The summed E-state index contributed by atoms with van der Waals surface area (Å²) >= 11 is 4.52. The van der Waals surface area contributed by atoms with E-state index in [2.05, 4.69) is 26.2 Å². The summed E-state index contributed by atoms with van der Waals surface area (Å²) in [5.41, 5.74) is 0.726. The molecule has 0 aliphatic rings. The molecule has 1 aromatic heterocycles. The van der Waals surface area contributed by atoms with Crippen LogP contribution in [-0.2, 0) is 4.74 Å². The number of halogens is 2. The van der Waals surface area contributed by atoms with Crippen molar-refractivity contribution in [1.82, 2.24) is 10.3 Å². The molecule has 1 heterocycles. The van der Waals surface area contributed by atoms with E-state index in [1.54, 1.807) is 6.07 Å². The van der Waals surface area contributed by atoms with E-state index >= 15 is 0 Å². The van der Waals surface area contributed by atoms with Gasteiger partial charge in [-0.25, -0.2) is 14.2 Å². The Kier molecular flexibility index (Phi) is 4.71. The summed E-state index contributed by atoms with van der Waals surface area (Å²) in [6.45, 7) is 2.12. The van der Waals surface area contributed by atoms with Crippen LogP contribution in [0.5, 0.6) is 0 Å². The first-order chi connectivity index (χ1) is 9.10. The van der Waals surface area contributed by atoms with Crippen molar-refractivity contribution < 1.29 is 13.9 Å². The molecular weight excluding hydrogens is 335 g/mol. The van der Waals surface area contributed by atoms with Crippen molar-refractivity contribution in [1.29, 1.82) is 0 Å². The summed E-state index contributed by atoms with van der Waals surface area (Å²) in [6.07, 6.45) is -0.489. The molecule has 7 heteroatoms. The second-order valence-corrected chi connectivity index (χ2v) is 5.71. The molecule has 1 atom stereocenters. The minimum atomic E-state index is -0.489. The molecule has 2 rings (SSSR count). The fourth-order valence-corrected chi connectivity index (χ4v) is 2.67. The van der Waals surface area contributed by atoms with Crippen LogP contribution in [0, 0.1) is 5.82 Å². The van der Waals surface area contributed by atoms with E-state index in [0.717, 1.165) is 15.2 Å². The minimum Gasteiger partial charge on any atom is -0.449 e. The lowest BCUT2D eigenvalue weighted by atomic mass is 10.3. The van der Waals surface area contributed by atoms with Crippen LogP contribution in [0.3, 0.4) is 0 Å². The third-order valence-corrected chi connectivity index (χ3v) is 3.91. The number of hydrogen-bond acceptors (Lipinski definition) is 4. The van der Waals surface area contributed by atoms with Gasteiger partial charge < -0.3 is 10.1 Å². The number of alkyl carbamates (subject to hydrolysis) is 1. The molecule has 0 saturated heterocycles. The Bertz CT molecular complexity index is 590. The van der Waals surface area contributed by atoms with E-state index in [-0.39, 0.29) is 11.9 Å². The predicted octanol–water partition coefficient (Wildman–Crippen LogP) is 3.62. The van der Waals surface area contributed by atoms with Gasteiger partial charge in [0.05, 0.1) is 16.3 Å². The molecule has 2 aromatic rings. The lowest BCUT2D eigenvalue weighted by Gasteiger charge is -2.10. The molecule has 102 valence electrons. The number of carbonyl (C=O) groups is 1. The normalized spacial score (nSPS) is 12.4. The molecule has 1 amide bonds. The van der Waals surface area contributed by atoms with Crippen LogP contribution in [0.1, 0.15) is 18.0 Å². The maximum Gasteiger partial charge on any atom is 0.407 e. The van der Waals surface area contributed by atoms with Crippen molar-refractivity contribution >= 4 is 43.6 Å². The van der Waals surface area contributed by atoms with E-state index < -0.39 is 6.09 Å². The number of nitrogens with zero attached hydrogens (tertiary/aromatic N) is 1. The fraction of sp³-hybridized carbons (Fsp3) is 0.333. The average molecular weight is 347 g/mol. The van der Waals surface area contributed by atoms with Gasteiger partial charge in [-0.2, -0.15) is 0 Å². The second kappa shape index (κ2) is 6.29. The third-order valence-electron chi connectivity index (χ3n) is 2.38. The van der Waals surface area contributed by atoms with Gasteiger partial charge in [0.15, 0.2) is 0 Å². The number of nitrogens with one attached hydrogen (secondary N) is 1. The molecule has 0 radical (unpaired) electrons. The summed E-state index contributed by atoms with van der Waals surface area (Å²) in [7, 11) is 0. The molecule has 19 heavy (non-hydrogen) atoms. The van der Waals surface area contributed by atoms with Crippen LogP contribution < -0.4 is 5.32 Å². The zero-order valence-electron chi connectivity index (χ0n) is 10.2. The lowest BCUT2D eigenvalue weighted by molar-refractivity contribution is 0.150. The standard InChI is InChI=1S/C12H12BrFN2O2S/c1-7(15-12(17)18-5-4-13)11-16-9-3-2-8(14)6-10(9)19-11/h2-3,6-7H,4-5H2,1H3,(H,15,17)/t7-/m1/s1. The molecule has 0 aliphatic heterocycles. The van der Waals surface area contributed by atoms with Crippen molar-refractivity contribution in [2.75, 3.05) is 11.9 Å². The zero-order valence-corrected chi connectivity index (χ0v) is 12.6. The van der Waals surface area contributed by atoms with E-state index in [4.69, 9.17) is 4.74 Å². The Morgan fingerprint density at radius 3 is 3.16 bits per heavy atom. The first kappa shape index (κ1) is 14.2. The highest BCUT2D eigenvalue weighted by molar-refractivity contribution is 9.09. The summed E-state index contributed by atoms with van der Waals surface area (Å²) in [4.78, 5) is 15.8. The minimum absolute atomic E-state index is 0.275. The molecule has 0 spiro atoms. The molecule has 0 fully saturated rings. The maximum atomic E-state index is 13.1. The highest BCUT2D eigenvalue weighted by Crippen LogP contribution is 2.26. The molecule has 1 aromatic carbocycles. The molecule has 0 saturated carbocycles. The van der Waals surface area contributed by atoms with Crippen LogP contribution in [0.2, 0.25) is 0 Å². The van der Waals surface area contributed by atoms with E-state index in [1.165, 1.54) is 23.5 Å². The maximum absolute atomic E-state index is 13.1. The summed E-state index contributed by atoms with van der Waals surface area (Å²) < 4.78 is 18.7. The van der Waals surface area contributed by atoms with Gasteiger partial charge in [-0.15, -0.1) is 11.3 Å². The quantitative estimate of drug-likeness (QED) is 0.860. The van der Waals surface area contributed by atoms with Gasteiger partial charge in [-0.05, 0) is 25.1 Å². The van der Waals surface area contributed by atoms with Crippen molar-refractivity contribution in [2.45, 2.75) is 13.0 Å². The van der Waals surface area contributed by atoms with Crippen LogP contribution in [0.25, 0.3) is 10.2 Å². The second-order valence-electron chi connectivity index (χ2n) is 3.86. The van der Waals surface area contributed by atoms with Crippen molar-refractivity contribution in [3.8, 4) is 0 Å². The number of thiazole rings is 1. The lowest BCUT2D eigenvalue weighted by Crippen LogP contribution is -2.27. The molecule has 1 N–H and O–H groups in total. The number of fused-ring (bicyclic) bond motifs is 1. The molecule has 0 aliphatic carbocycles. The van der Waals surface area contributed by atoms with Crippen molar-refractivity contribution in [3.05, 3.63) is 29.0 Å². The monoisotopic (exact) mass is 346 g/mol. The number of amides is 1. The number of aromatic nitrogens is 1. The average Bonchev–Trinajstić information content (AvgIpc) is 2.79. The first-order valence-electron chi connectivity index (χ1n) is 5.65. The van der Waals surface area contributed by atoms with Gasteiger partial charge in [-0.1, -0.05) is 15.9 Å². The summed E-state index contributed by atoms with van der Waals surface area (Å²) in [6, 6.07) is 4.16. The largest absolute Gasteiger partial charge is 0.449 e. The van der Waals surface area contributed by atoms with Gasteiger partial charge in [0.1, 0.15) is 17.4 Å². The molecule has 0 unspecified atom stereocenters. The number of rotatable bonds is 4. The van der Waals surface area contributed by atoms with Gasteiger partial charge in [-0.3, -0.25) is 0 Å². The Labute approximate surface area is 122 Å². The van der Waals surface area contributed by atoms with Crippen molar-refractivity contribution in [2.24, 2.45) is 0 Å². The molecular formula is C12H12BrFN2O2S. The summed E-state index contributed by atoms with van der Waals surface area (Å²) in [5.74, 6) is -0.292. The van der Waals surface area contributed by atoms with Crippen LogP contribution in [0.4, 0.5) is 9.18 Å². The first-order valence-corrected chi connectivity index (χ1v) is 7.59. The third kappa shape index (κ3) is 3.63. The highest BCUT2D eigenvalue weighted by Gasteiger charge is 2.15. The van der Waals surface area contributed by atoms with Gasteiger partial charge >= 0.3 is 6.09 Å². The Balaban J connectivity index is 2.08. The molecule has 0 bridgehead atoms. The number of carbonyl (C=O) groups excluding carboxylic acids is 1. The van der Waals surface area contributed by atoms with Crippen LogP contribution >= 0.6 is 27.3 Å². The number of alkyl halides is 1. The van der Waals surface area contributed by atoms with Crippen LogP contribution in [0.15, 0.2) is 18.2 Å². The Hall–Kier alpha value is -1.21.